The molecule has 9 heavy (non-hydrogen) atoms. The topological polar surface area (TPSA) is 31.6 Å². The van der Waals surface area contributed by atoms with Crippen LogP contribution in [-0.2, 0) is 0 Å². The van der Waals surface area contributed by atoms with Crippen LogP contribution in [0.5, 0.6) is 0 Å². The Labute approximate surface area is 52.9 Å². The molecule has 46 valence electrons. The summed E-state index contributed by atoms with van der Waals surface area (Å²) in [5.41, 5.74) is 2.42. The average molecular weight is 120 g/mol. The minimum atomic E-state index is 1.20. The van der Waals surface area contributed by atoms with Gasteiger partial charge in [0, 0.05) is 23.5 Å². The van der Waals surface area contributed by atoms with Gasteiger partial charge in [0.1, 0.15) is 0 Å². The lowest BCUT2D eigenvalue weighted by atomic mass is 10.4. The molecule has 0 bridgehead atoms. The van der Waals surface area contributed by atoms with Gasteiger partial charge in [0.05, 0.1) is 5.52 Å². The van der Waals surface area contributed by atoms with Gasteiger partial charge in [-0.05, 0) is 13.0 Å². The maximum absolute atomic E-state index is 3.14. The number of fused-ring (bicyclic) bond motifs is 1. The summed E-state index contributed by atoms with van der Waals surface area (Å²) < 4.78 is 0. The molecule has 2 aromatic heterocycles. The third-order valence-electron chi connectivity index (χ3n) is 1.60. The molecule has 0 spiro atoms. The van der Waals surface area contributed by atoms with Crippen molar-refractivity contribution >= 4 is 10.9 Å². The summed E-state index contributed by atoms with van der Waals surface area (Å²) in [4.78, 5) is 6.26. The molecule has 0 atom stereocenters. The Kier molecular flexibility index (Phi) is 0.730. The number of aryl methyl sites for hydroxylation is 1. The fourth-order valence-electron chi connectivity index (χ4n) is 1.08. The van der Waals surface area contributed by atoms with Crippen LogP contribution in [0.15, 0.2) is 18.5 Å². The number of rotatable bonds is 0. The lowest BCUT2D eigenvalue weighted by Gasteiger charge is -1.79. The van der Waals surface area contributed by atoms with Crippen LogP contribution in [0.2, 0.25) is 0 Å². The fraction of sp³-hybridized carbons (Fsp3) is 0.143. The molecular formula is C7H8N2. The third kappa shape index (κ3) is 0.499. The van der Waals surface area contributed by atoms with E-state index in [-0.39, 0.29) is 0 Å². The van der Waals surface area contributed by atoms with Crippen LogP contribution in [0.1, 0.15) is 5.69 Å². The lowest BCUT2D eigenvalue weighted by Crippen LogP contribution is -1.67. The highest BCUT2D eigenvalue weighted by Gasteiger charge is 1.96. The highest BCUT2D eigenvalue weighted by atomic mass is 14.8. The molecule has 0 amide bonds. The second kappa shape index (κ2) is 1.41. The zero-order valence-electron chi connectivity index (χ0n) is 5.23. The van der Waals surface area contributed by atoms with E-state index in [4.69, 9.17) is 0 Å². The van der Waals surface area contributed by atoms with E-state index >= 15 is 0 Å². The first kappa shape index (κ1) is 4.68. The molecule has 2 nitrogen and oxygen atoms in total. The third-order valence-corrected chi connectivity index (χ3v) is 1.60. The Morgan fingerprint density at radius 1 is 1.33 bits per heavy atom. The Balaban J connectivity index is 2.99. The van der Waals surface area contributed by atoms with Crippen molar-refractivity contribution in [2.75, 3.05) is 0 Å². The van der Waals surface area contributed by atoms with Crippen molar-refractivity contribution in [2.45, 2.75) is 6.92 Å². The van der Waals surface area contributed by atoms with Crippen molar-refractivity contribution in [3.05, 3.63) is 24.2 Å². The molecule has 2 aromatic rings. The molecule has 0 aromatic carbocycles. The van der Waals surface area contributed by atoms with E-state index in [1.54, 1.807) is 0 Å². The quantitative estimate of drug-likeness (QED) is 0.531. The summed E-state index contributed by atoms with van der Waals surface area (Å²) in [6.07, 6.45) is 3.95. The van der Waals surface area contributed by atoms with Gasteiger partial charge in [-0.3, -0.25) is 0 Å². The number of hydrogen-bond donors (Lipinski definition) is 2. The number of nitrogens with one attached hydrogen (secondary N) is 2. The van der Waals surface area contributed by atoms with Crippen LogP contribution in [-0.4, -0.2) is 9.97 Å². The average Bonchev–Trinajstić information content (AvgIpc) is 2.35. The second-order valence-electron chi connectivity index (χ2n) is 2.22. The Morgan fingerprint density at radius 2 is 2.22 bits per heavy atom. The molecule has 0 unspecified atom stereocenters. The van der Waals surface area contributed by atoms with E-state index in [9.17, 15) is 0 Å². The molecule has 0 fully saturated rings. The molecule has 0 aliphatic rings. The van der Waals surface area contributed by atoms with E-state index < -0.39 is 0 Å². The molecule has 0 saturated heterocycles. The molecule has 0 aliphatic carbocycles. The molecule has 2 N–H and O–H groups in total. The maximum atomic E-state index is 3.14. The molecule has 2 heterocycles. The summed E-state index contributed by atoms with van der Waals surface area (Å²) in [7, 11) is 0. The van der Waals surface area contributed by atoms with E-state index in [1.807, 2.05) is 12.4 Å². The van der Waals surface area contributed by atoms with Crippen LogP contribution >= 0.6 is 0 Å². The molecule has 2 rings (SSSR count). The minimum absolute atomic E-state index is 1.20. The van der Waals surface area contributed by atoms with Crippen LogP contribution in [0.3, 0.4) is 0 Å². The van der Waals surface area contributed by atoms with Gasteiger partial charge in [0.2, 0.25) is 0 Å². The van der Waals surface area contributed by atoms with Crippen molar-refractivity contribution in [1.29, 1.82) is 0 Å². The highest BCUT2D eigenvalue weighted by Crippen LogP contribution is 2.13. The first-order valence-corrected chi connectivity index (χ1v) is 2.99. The Morgan fingerprint density at radius 3 is 3.00 bits per heavy atom. The van der Waals surface area contributed by atoms with Gasteiger partial charge in [-0.25, -0.2) is 0 Å². The van der Waals surface area contributed by atoms with Gasteiger partial charge in [-0.2, -0.15) is 0 Å². The van der Waals surface area contributed by atoms with Gasteiger partial charge >= 0.3 is 0 Å². The number of aromatic nitrogens is 2. The van der Waals surface area contributed by atoms with Crippen molar-refractivity contribution in [2.24, 2.45) is 0 Å². The van der Waals surface area contributed by atoms with Crippen molar-refractivity contribution in [3.63, 3.8) is 0 Å². The fourth-order valence-corrected chi connectivity index (χ4v) is 1.08. The zero-order valence-corrected chi connectivity index (χ0v) is 5.23. The summed E-state index contributed by atoms with van der Waals surface area (Å²) in [6.45, 7) is 2.05. The highest BCUT2D eigenvalue weighted by molar-refractivity contribution is 5.81. The minimum Gasteiger partial charge on any atom is -0.363 e. The molecular weight excluding hydrogens is 112 g/mol. The van der Waals surface area contributed by atoms with Crippen molar-refractivity contribution in [3.8, 4) is 0 Å². The monoisotopic (exact) mass is 120 g/mol. The zero-order chi connectivity index (χ0) is 6.27. The van der Waals surface area contributed by atoms with Crippen LogP contribution in [0.25, 0.3) is 10.9 Å². The molecule has 0 aliphatic heterocycles. The SMILES string of the molecule is Cc1[nH]cc2cc[nH]c12. The normalized spacial score (nSPS) is 10.8. The first-order valence-electron chi connectivity index (χ1n) is 2.99. The first-order chi connectivity index (χ1) is 4.38. The van der Waals surface area contributed by atoms with Gasteiger partial charge in [-0.15, -0.1) is 0 Å². The van der Waals surface area contributed by atoms with Gasteiger partial charge in [0.15, 0.2) is 0 Å². The standard InChI is InChI=1S/C7H8N2/c1-5-7-6(4-9-5)2-3-8-7/h2-4,8-9H,1H3. The lowest BCUT2D eigenvalue weighted by molar-refractivity contribution is 1.26. The van der Waals surface area contributed by atoms with Crippen LogP contribution in [0.4, 0.5) is 0 Å². The van der Waals surface area contributed by atoms with E-state index in [2.05, 4.69) is 23.0 Å². The van der Waals surface area contributed by atoms with E-state index in [0.29, 0.717) is 0 Å². The summed E-state index contributed by atoms with van der Waals surface area (Å²) in [6, 6.07) is 2.05. The van der Waals surface area contributed by atoms with E-state index in [1.165, 1.54) is 16.6 Å². The van der Waals surface area contributed by atoms with Gasteiger partial charge in [0.25, 0.3) is 0 Å². The van der Waals surface area contributed by atoms with Gasteiger partial charge < -0.3 is 9.97 Å². The van der Waals surface area contributed by atoms with Crippen molar-refractivity contribution in [1.82, 2.24) is 9.97 Å². The van der Waals surface area contributed by atoms with Crippen LogP contribution < -0.4 is 0 Å². The Bertz CT molecular complexity index is 316. The second-order valence-corrected chi connectivity index (χ2v) is 2.22. The van der Waals surface area contributed by atoms with Crippen molar-refractivity contribution < 1.29 is 0 Å². The molecule has 0 radical (unpaired) electrons. The smallest absolute Gasteiger partial charge is 0.0661 e. The van der Waals surface area contributed by atoms with Crippen LogP contribution in [0, 0.1) is 6.92 Å². The summed E-state index contributed by atoms with van der Waals surface area (Å²) in [5, 5.41) is 1.26. The largest absolute Gasteiger partial charge is 0.363 e. The molecule has 0 saturated carbocycles. The summed E-state index contributed by atoms with van der Waals surface area (Å²) in [5.74, 6) is 0. The number of H-pyrrole nitrogens is 2. The predicted octanol–water partition coefficient (Wildman–Crippen LogP) is 1.80. The van der Waals surface area contributed by atoms with E-state index in [0.717, 1.165) is 0 Å². The molecule has 2 heteroatoms. The van der Waals surface area contributed by atoms with Gasteiger partial charge in [-0.1, -0.05) is 0 Å². The number of hydrogen-bond acceptors (Lipinski definition) is 0. The number of aromatic amines is 2. The Hall–Kier alpha value is -1.18. The summed E-state index contributed by atoms with van der Waals surface area (Å²) >= 11 is 0. The predicted molar refractivity (Wildman–Crippen MR) is 37.4 cm³/mol. The maximum Gasteiger partial charge on any atom is 0.0661 e.